The zero-order valence-corrected chi connectivity index (χ0v) is 16.2. The molecule has 2 aromatic carbocycles. The van der Waals surface area contributed by atoms with Gasteiger partial charge in [-0.05, 0) is 36.4 Å². The third-order valence-electron chi connectivity index (χ3n) is 3.30. The molecule has 12 heteroatoms. The highest BCUT2D eigenvalue weighted by Gasteiger charge is 2.26. The topological polar surface area (TPSA) is 124 Å². The van der Waals surface area contributed by atoms with Crippen molar-refractivity contribution in [3.05, 3.63) is 58.1 Å². The third kappa shape index (κ3) is 4.53. The van der Waals surface area contributed by atoms with E-state index in [1.165, 1.54) is 36.3 Å². The van der Waals surface area contributed by atoms with Crippen LogP contribution in [0.25, 0.3) is 0 Å². The van der Waals surface area contributed by atoms with Crippen molar-refractivity contribution in [1.29, 1.82) is 0 Å². The average molecular weight is 424 g/mol. The molecule has 0 radical (unpaired) electrons. The molecule has 0 aliphatic rings. The van der Waals surface area contributed by atoms with Crippen molar-refractivity contribution in [3.8, 4) is 5.75 Å². The third-order valence-corrected chi connectivity index (χ3v) is 6.52. The molecule has 0 saturated heterocycles. The summed E-state index contributed by atoms with van der Waals surface area (Å²) < 4.78 is 33.2. The minimum atomic E-state index is -4.15. The number of hydrogen-bond acceptors (Lipinski definition) is 9. The van der Waals surface area contributed by atoms with E-state index in [4.69, 9.17) is 4.74 Å². The zero-order valence-electron chi connectivity index (χ0n) is 13.7. The van der Waals surface area contributed by atoms with Crippen LogP contribution in [0.1, 0.15) is 0 Å². The fourth-order valence-electron chi connectivity index (χ4n) is 2.10. The summed E-state index contributed by atoms with van der Waals surface area (Å²) in [6, 6.07) is 10.1. The maximum absolute atomic E-state index is 12.6. The molecule has 1 aromatic heterocycles. The highest BCUT2D eigenvalue weighted by atomic mass is 32.2. The van der Waals surface area contributed by atoms with Gasteiger partial charge in [-0.1, -0.05) is 23.1 Å². The smallest absolute Gasteiger partial charge is 0.293 e. The first-order valence-corrected chi connectivity index (χ1v) is 10.5. The number of nitro benzene ring substituents is 1. The van der Waals surface area contributed by atoms with E-state index in [1.807, 2.05) is 0 Å². The summed E-state index contributed by atoms with van der Waals surface area (Å²) in [7, 11) is -2.81. The molecular weight excluding hydrogens is 412 g/mol. The van der Waals surface area contributed by atoms with Crippen molar-refractivity contribution < 1.29 is 18.1 Å². The van der Waals surface area contributed by atoms with E-state index in [1.54, 1.807) is 29.8 Å². The lowest BCUT2D eigenvalue weighted by Crippen LogP contribution is -2.14. The van der Waals surface area contributed by atoms with E-state index in [0.29, 0.717) is 0 Å². The number of anilines is 1. The van der Waals surface area contributed by atoms with Gasteiger partial charge in [-0.3, -0.25) is 14.8 Å². The Labute approximate surface area is 162 Å². The van der Waals surface area contributed by atoms with E-state index in [2.05, 4.69) is 14.9 Å². The first-order chi connectivity index (χ1) is 12.9. The van der Waals surface area contributed by atoms with Gasteiger partial charge in [0, 0.05) is 10.6 Å². The van der Waals surface area contributed by atoms with Crippen LogP contribution in [0, 0.1) is 10.1 Å². The Morgan fingerprint density at radius 1 is 1.22 bits per heavy atom. The van der Waals surface area contributed by atoms with E-state index >= 15 is 0 Å². The number of methoxy groups -OCH3 is 1. The van der Waals surface area contributed by atoms with Gasteiger partial charge in [0.1, 0.15) is 11.3 Å². The number of rotatable bonds is 7. The van der Waals surface area contributed by atoms with Gasteiger partial charge >= 0.3 is 0 Å². The number of nitrogens with zero attached hydrogens (tertiary/aromatic N) is 3. The lowest BCUT2D eigenvalue weighted by molar-refractivity contribution is -0.387. The highest BCUT2D eigenvalue weighted by Crippen LogP contribution is 2.31. The van der Waals surface area contributed by atoms with Crippen molar-refractivity contribution >= 4 is 44.5 Å². The van der Waals surface area contributed by atoms with Crippen molar-refractivity contribution in [2.24, 2.45) is 0 Å². The lowest BCUT2D eigenvalue weighted by Gasteiger charge is -2.10. The van der Waals surface area contributed by atoms with E-state index in [-0.39, 0.29) is 11.4 Å². The number of benzene rings is 2. The monoisotopic (exact) mass is 424 g/mol. The number of sulfonamides is 1. The maximum Gasteiger partial charge on any atom is 0.293 e. The van der Waals surface area contributed by atoms with Crippen LogP contribution >= 0.6 is 23.1 Å². The summed E-state index contributed by atoms with van der Waals surface area (Å²) in [6.07, 6.45) is 0. The molecule has 9 nitrogen and oxygen atoms in total. The van der Waals surface area contributed by atoms with Crippen LogP contribution < -0.4 is 9.46 Å². The Hall–Kier alpha value is -2.70. The Morgan fingerprint density at radius 3 is 2.56 bits per heavy atom. The summed E-state index contributed by atoms with van der Waals surface area (Å²) >= 11 is 2.78. The fraction of sp³-hybridized carbons (Fsp3) is 0.0667. The molecule has 0 fully saturated rings. The second-order valence-electron chi connectivity index (χ2n) is 5.03. The number of ether oxygens (including phenoxy) is 1. The van der Waals surface area contributed by atoms with Gasteiger partial charge in [-0.15, -0.1) is 10.2 Å². The number of aromatic nitrogens is 2. The summed E-state index contributed by atoms with van der Waals surface area (Å²) in [5.74, 6) is 0.193. The Balaban J connectivity index is 1.83. The first-order valence-electron chi connectivity index (χ1n) is 7.28. The normalized spacial score (nSPS) is 11.1. The molecular formula is C15H12N4O5S3. The van der Waals surface area contributed by atoms with Crippen molar-refractivity contribution in [2.45, 2.75) is 14.1 Å². The minimum Gasteiger partial charge on any atom is -0.497 e. The summed E-state index contributed by atoms with van der Waals surface area (Å²) in [5, 5.41) is 18.9. The van der Waals surface area contributed by atoms with Gasteiger partial charge in [0.25, 0.3) is 15.7 Å². The molecule has 0 unspecified atom stereocenters. The van der Waals surface area contributed by atoms with Crippen LogP contribution in [0.5, 0.6) is 5.75 Å². The van der Waals surface area contributed by atoms with Gasteiger partial charge < -0.3 is 4.74 Å². The molecule has 0 aliphatic heterocycles. The van der Waals surface area contributed by atoms with Crippen LogP contribution in [0.15, 0.2) is 62.1 Å². The van der Waals surface area contributed by atoms with Crippen molar-refractivity contribution in [3.63, 3.8) is 0 Å². The molecule has 140 valence electrons. The molecule has 0 spiro atoms. The number of hydrogen-bond donors (Lipinski definition) is 1. The van der Waals surface area contributed by atoms with Crippen LogP contribution in [-0.4, -0.2) is 30.6 Å². The minimum absolute atomic E-state index is 0.193. The average Bonchev–Trinajstić information content (AvgIpc) is 3.15. The second-order valence-corrected chi connectivity index (χ2v) is 8.83. The molecule has 3 rings (SSSR count). The van der Waals surface area contributed by atoms with Crippen LogP contribution in [0.3, 0.4) is 0 Å². The maximum atomic E-state index is 12.6. The van der Waals surface area contributed by atoms with E-state index in [0.717, 1.165) is 21.4 Å². The lowest BCUT2D eigenvalue weighted by atomic mass is 10.3. The predicted molar refractivity (Wildman–Crippen MR) is 101 cm³/mol. The van der Waals surface area contributed by atoms with Crippen LogP contribution in [0.4, 0.5) is 11.4 Å². The molecule has 0 bridgehead atoms. The highest BCUT2D eigenvalue weighted by molar-refractivity contribution is 8.01. The summed E-state index contributed by atoms with van der Waals surface area (Å²) in [4.78, 5) is 10.9. The van der Waals surface area contributed by atoms with Crippen molar-refractivity contribution in [1.82, 2.24) is 10.2 Å². The van der Waals surface area contributed by atoms with Gasteiger partial charge in [-0.25, -0.2) is 8.42 Å². The van der Waals surface area contributed by atoms with Gasteiger partial charge in [0.15, 0.2) is 9.24 Å². The SMILES string of the molecule is COc1ccc(S(=O)(=O)Nc2ccc(Sc3nncs3)cc2)c([N+](=O)[O-])c1. The molecule has 3 aromatic rings. The molecule has 1 heterocycles. The molecule has 0 atom stereocenters. The predicted octanol–water partition coefficient (Wildman–Crippen LogP) is 3.41. The number of nitrogens with one attached hydrogen (secondary N) is 1. The molecule has 1 N–H and O–H groups in total. The van der Waals surface area contributed by atoms with Gasteiger partial charge in [-0.2, -0.15) is 0 Å². The standard InChI is InChI=1S/C15H12N4O5S3/c1-24-11-4-7-14(13(8-11)19(20)21)27(22,23)18-10-2-5-12(6-3-10)26-15-17-16-9-25-15/h2-9,18H,1H3. The molecule has 0 saturated carbocycles. The quantitative estimate of drug-likeness (QED) is 0.452. The molecule has 27 heavy (non-hydrogen) atoms. The number of nitro groups is 1. The first kappa shape index (κ1) is 19.1. The van der Waals surface area contributed by atoms with Gasteiger partial charge in [0.2, 0.25) is 0 Å². The van der Waals surface area contributed by atoms with E-state index in [9.17, 15) is 18.5 Å². The summed E-state index contributed by atoms with van der Waals surface area (Å²) in [6.45, 7) is 0. The van der Waals surface area contributed by atoms with Gasteiger partial charge in [0.05, 0.1) is 18.1 Å². The zero-order chi connectivity index (χ0) is 19.4. The van der Waals surface area contributed by atoms with Crippen LogP contribution in [0.2, 0.25) is 0 Å². The van der Waals surface area contributed by atoms with Crippen LogP contribution in [-0.2, 0) is 10.0 Å². The fourth-order valence-corrected chi connectivity index (χ4v) is 4.77. The van der Waals surface area contributed by atoms with E-state index < -0.39 is 25.5 Å². The molecule has 0 aliphatic carbocycles. The largest absolute Gasteiger partial charge is 0.497 e. The van der Waals surface area contributed by atoms with Crippen molar-refractivity contribution in [2.75, 3.05) is 11.8 Å². The Kier molecular flexibility index (Phi) is 5.58. The second kappa shape index (κ2) is 7.90. The summed E-state index contributed by atoms with van der Waals surface area (Å²) in [5.41, 5.74) is 1.33. The Morgan fingerprint density at radius 2 is 1.96 bits per heavy atom. The molecule has 0 amide bonds. The Bertz CT molecular complexity index is 1050.